The van der Waals surface area contributed by atoms with E-state index in [-0.39, 0.29) is 0 Å². The van der Waals surface area contributed by atoms with Crippen molar-refractivity contribution in [3.05, 3.63) is 146 Å². The van der Waals surface area contributed by atoms with Crippen molar-refractivity contribution in [3.63, 3.8) is 0 Å². The molecule has 2 nitrogen and oxygen atoms in total. The Morgan fingerprint density at radius 2 is 0.837 bits per heavy atom. The van der Waals surface area contributed by atoms with Gasteiger partial charge >= 0.3 is 0 Å². The van der Waals surface area contributed by atoms with Gasteiger partial charge in [-0.2, -0.15) is 0 Å². The molecule has 3 heteroatoms. The topological polar surface area (TPSA) is 25.8 Å². The lowest BCUT2D eigenvalue weighted by Crippen LogP contribution is -1.97. The molecule has 0 fully saturated rings. The van der Waals surface area contributed by atoms with Gasteiger partial charge in [0.2, 0.25) is 0 Å². The highest BCUT2D eigenvalue weighted by Crippen LogP contribution is 2.40. The zero-order valence-electron chi connectivity index (χ0n) is 23.2. The first-order valence-corrected chi connectivity index (χ1v) is 15.3. The smallest absolute Gasteiger partial charge is 0.0979 e. The molecule has 9 aromatic rings. The highest BCUT2D eigenvalue weighted by Gasteiger charge is 2.18. The first kappa shape index (κ1) is 24.2. The number of fused-ring (bicyclic) bond motifs is 9. The third-order valence-electron chi connectivity index (χ3n) is 8.44. The Labute approximate surface area is 252 Å². The molecule has 0 aliphatic carbocycles. The summed E-state index contributed by atoms with van der Waals surface area (Å²) >= 11 is 1.85. The average Bonchev–Trinajstić information content (AvgIpc) is 3.46. The van der Waals surface area contributed by atoms with Crippen LogP contribution in [0.15, 0.2) is 146 Å². The summed E-state index contributed by atoms with van der Waals surface area (Å²) in [6.07, 6.45) is 0. The van der Waals surface area contributed by atoms with Gasteiger partial charge in [0.1, 0.15) is 0 Å². The lowest BCUT2D eigenvalue weighted by atomic mass is 9.96. The van der Waals surface area contributed by atoms with Crippen molar-refractivity contribution in [3.8, 4) is 33.6 Å². The second-order valence-electron chi connectivity index (χ2n) is 11.0. The monoisotopic (exact) mass is 564 g/mol. The number of rotatable bonds is 3. The molecule has 7 aromatic carbocycles. The molecular formula is C40H24N2S. The van der Waals surface area contributed by atoms with Gasteiger partial charge in [0, 0.05) is 42.1 Å². The molecule has 200 valence electrons. The number of hydrogen-bond donors (Lipinski definition) is 0. The molecule has 0 amide bonds. The third-order valence-corrected chi connectivity index (χ3v) is 9.60. The van der Waals surface area contributed by atoms with Crippen molar-refractivity contribution < 1.29 is 0 Å². The van der Waals surface area contributed by atoms with Gasteiger partial charge in [-0.1, -0.05) is 121 Å². The summed E-state index contributed by atoms with van der Waals surface area (Å²) in [5, 5.41) is 7.25. The van der Waals surface area contributed by atoms with Crippen LogP contribution in [0.4, 0.5) is 0 Å². The van der Waals surface area contributed by atoms with Crippen molar-refractivity contribution in [1.82, 2.24) is 9.97 Å². The van der Waals surface area contributed by atoms with Gasteiger partial charge < -0.3 is 0 Å². The molecule has 0 radical (unpaired) electrons. The Bertz CT molecular complexity index is 2510. The molecule has 0 aliphatic heterocycles. The van der Waals surface area contributed by atoms with Crippen LogP contribution in [-0.4, -0.2) is 9.97 Å². The second-order valence-corrected chi connectivity index (χ2v) is 12.0. The maximum absolute atomic E-state index is 5.46. The van der Waals surface area contributed by atoms with Gasteiger partial charge in [0.05, 0.1) is 22.4 Å². The van der Waals surface area contributed by atoms with E-state index in [0.717, 1.165) is 44.3 Å². The number of benzene rings is 7. The van der Waals surface area contributed by atoms with Gasteiger partial charge in [-0.05, 0) is 46.2 Å². The molecule has 0 spiro atoms. The SMILES string of the molecule is c1ccc(-c2nc3c4ccccc4c4ccccc4c3nc2-c2cccc(-c3ccc4sc5ccccc5c4c3)c2)cc1. The highest BCUT2D eigenvalue weighted by molar-refractivity contribution is 7.25. The lowest BCUT2D eigenvalue weighted by Gasteiger charge is -2.15. The first-order chi connectivity index (χ1) is 21.3. The Morgan fingerprint density at radius 1 is 0.326 bits per heavy atom. The summed E-state index contributed by atoms with van der Waals surface area (Å²) in [6, 6.07) is 51.8. The van der Waals surface area contributed by atoms with Crippen molar-refractivity contribution in [1.29, 1.82) is 0 Å². The van der Waals surface area contributed by atoms with Crippen LogP contribution in [0, 0.1) is 0 Å². The molecule has 0 N–H and O–H groups in total. The van der Waals surface area contributed by atoms with E-state index in [9.17, 15) is 0 Å². The van der Waals surface area contributed by atoms with Crippen molar-refractivity contribution in [2.45, 2.75) is 0 Å². The number of aromatic nitrogens is 2. The standard InChI is InChI=1S/C40H24N2S/c1-2-11-25(12-3-1)37-38(42-40-33-19-7-5-16-30(33)29-15-4-6-18-32(29)39(40)41-37)28-14-10-13-26(23-28)27-21-22-36-34(24-27)31-17-8-9-20-35(31)43-36/h1-24H. The molecule has 0 saturated carbocycles. The summed E-state index contributed by atoms with van der Waals surface area (Å²) in [5.74, 6) is 0. The summed E-state index contributed by atoms with van der Waals surface area (Å²) in [5.41, 5.74) is 8.12. The predicted molar refractivity (Wildman–Crippen MR) is 184 cm³/mol. The fourth-order valence-electron chi connectivity index (χ4n) is 6.41. The average molecular weight is 565 g/mol. The zero-order valence-corrected chi connectivity index (χ0v) is 24.0. The fraction of sp³-hybridized carbons (Fsp3) is 0. The molecule has 0 aliphatic rings. The number of nitrogens with zero attached hydrogens (tertiary/aromatic N) is 2. The van der Waals surface area contributed by atoms with Crippen molar-refractivity contribution in [2.75, 3.05) is 0 Å². The Hall–Kier alpha value is -5.38. The van der Waals surface area contributed by atoms with E-state index in [0.29, 0.717) is 0 Å². The van der Waals surface area contributed by atoms with Crippen LogP contribution >= 0.6 is 11.3 Å². The van der Waals surface area contributed by atoms with Crippen molar-refractivity contribution >= 4 is 64.1 Å². The van der Waals surface area contributed by atoms with Crippen molar-refractivity contribution in [2.24, 2.45) is 0 Å². The molecule has 0 bridgehead atoms. The highest BCUT2D eigenvalue weighted by atomic mass is 32.1. The fourth-order valence-corrected chi connectivity index (χ4v) is 7.50. The van der Waals surface area contributed by atoms with Gasteiger partial charge in [0.15, 0.2) is 0 Å². The maximum Gasteiger partial charge on any atom is 0.0979 e. The molecule has 0 saturated heterocycles. The van der Waals surface area contributed by atoms with E-state index in [1.54, 1.807) is 0 Å². The minimum Gasteiger partial charge on any atom is -0.243 e. The minimum absolute atomic E-state index is 0.892. The Balaban J connectivity index is 1.31. The van der Waals surface area contributed by atoms with E-state index in [4.69, 9.17) is 9.97 Å². The van der Waals surface area contributed by atoms with Crippen LogP contribution < -0.4 is 0 Å². The normalized spacial score (nSPS) is 11.7. The van der Waals surface area contributed by atoms with Crippen LogP contribution in [0.1, 0.15) is 0 Å². The molecule has 2 heterocycles. The maximum atomic E-state index is 5.46. The van der Waals surface area contributed by atoms with Crippen LogP contribution in [0.25, 0.3) is 86.4 Å². The van der Waals surface area contributed by atoms with E-state index in [2.05, 4.69) is 140 Å². The van der Waals surface area contributed by atoms with E-state index in [1.165, 1.54) is 42.1 Å². The largest absolute Gasteiger partial charge is 0.243 e. The lowest BCUT2D eigenvalue weighted by molar-refractivity contribution is 1.31. The molecule has 0 unspecified atom stereocenters. The first-order valence-electron chi connectivity index (χ1n) is 14.5. The number of thiophene rings is 1. The van der Waals surface area contributed by atoms with Gasteiger partial charge in [0.25, 0.3) is 0 Å². The molecule has 0 atom stereocenters. The van der Waals surface area contributed by atoms with Gasteiger partial charge in [-0.15, -0.1) is 11.3 Å². The molecule has 43 heavy (non-hydrogen) atoms. The van der Waals surface area contributed by atoms with Gasteiger partial charge in [-0.3, -0.25) is 0 Å². The van der Waals surface area contributed by atoms with Gasteiger partial charge in [-0.25, -0.2) is 9.97 Å². The van der Waals surface area contributed by atoms with Crippen LogP contribution in [-0.2, 0) is 0 Å². The third kappa shape index (κ3) is 3.86. The summed E-state index contributed by atoms with van der Waals surface area (Å²) < 4.78 is 2.63. The second kappa shape index (κ2) is 9.59. The molecular weight excluding hydrogens is 541 g/mol. The molecule has 9 rings (SSSR count). The van der Waals surface area contributed by atoms with Crippen LogP contribution in [0.2, 0.25) is 0 Å². The van der Waals surface area contributed by atoms with E-state index >= 15 is 0 Å². The summed E-state index contributed by atoms with van der Waals surface area (Å²) in [7, 11) is 0. The van der Waals surface area contributed by atoms with Crippen LogP contribution in [0.5, 0.6) is 0 Å². The summed E-state index contributed by atoms with van der Waals surface area (Å²) in [4.78, 5) is 10.9. The minimum atomic E-state index is 0.892. The van der Waals surface area contributed by atoms with Crippen LogP contribution in [0.3, 0.4) is 0 Å². The number of hydrogen-bond acceptors (Lipinski definition) is 3. The Morgan fingerprint density at radius 3 is 1.56 bits per heavy atom. The zero-order chi connectivity index (χ0) is 28.3. The van der Waals surface area contributed by atoms with E-state index in [1.807, 2.05) is 17.4 Å². The van der Waals surface area contributed by atoms with E-state index < -0.39 is 0 Å². The quantitative estimate of drug-likeness (QED) is 0.199. The predicted octanol–water partition coefficient (Wildman–Crippen LogP) is 11.3. The molecule has 2 aromatic heterocycles. The summed E-state index contributed by atoms with van der Waals surface area (Å²) in [6.45, 7) is 0. The Kier molecular flexibility index (Phi) is 5.40.